The average molecular weight is 299 g/mol. The largest absolute Gasteiger partial charge is 0.369 e. The number of nitrogens with two attached hydrogens (primary N) is 1. The fourth-order valence-electron chi connectivity index (χ4n) is 1.89. The van der Waals surface area contributed by atoms with Crippen molar-refractivity contribution in [3.05, 3.63) is 22.8 Å². The molecule has 0 aliphatic heterocycles. The number of aromatic nitrogens is 1. The third kappa shape index (κ3) is 5.75. The molecule has 1 aromatic rings. The van der Waals surface area contributed by atoms with E-state index < -0.39 is 0 Å². The summed E-state index contributed by atoms with van der Waals surface area (Å²) in [4.78, 5) is 15.9. The molecule has 6 heteroatoms. The molecule has 1 aromatic heterocycles. The maximum atomic E-state index is 11.7. The van der Waals surface area contributed by atoms with Gasteiger partial charge in [0.05, 0.1) is 5.56 Å². The summed E-state index contributed by atoms with van der Waals surface area (Å²) in [5.74, 6) is 0.374. The summed E-state index contributed by atoms with van der Waals surface area (Å²) in [5.41, 5.74) is 5.96. The van der Waals surface area contributed by atoms with E-state index in [9.17, 15) is 4.79 Å². The van der Waals surface area contributed by atoms with Crippen molar-refractivity contribution in [3.8, 4) is 0 Å². The highest BCUT2D eigenvalue weighted by molar-refractivity contribution is 6.29. The lowest BCUT2D eigenvalue weighted by Crippen LogP contribution is -2.20. The first kappa shape index (κ1) is 16.7. The second-order valence-electron chi connectivity index (χ2n) is 4.59. The topological polar surface area (TPSA) is 80.0 Å². The van der Waals surface area contributed by atoms with Crippen LogP contribution in [0.3, 0.4) is 0 Å². The number of nitrogens with one attached hydrogen (secondary N) is 2. The molecule has 0 fully saturated rings. The van der Waals surface area contributed by atoms with Crippen molar-refractivity contribution in [2.24, 2.45) is 5.73 Å². The van der Waals surface area contributed by atoms with Gasteiger partial charge in [-0.2, -0.15) is 0 Å². The van der Waals surface area contributed by atoms with E-state index in [2.05, 4.69) is 15.6 Å². The maximum Gasteiger partial charge on any atom is 0.254 e. The van der Waals surface area contributed by atoms with Gasteiger partial charge in [-0.05, 0) is 31.5 Å². The van der Waals surface area contributed by atoms with Gasteiger partial charge in [0.2, 0.25) is 0 Å². The molecule has 1 heterocycles. The average Bonchev–Trinajstić information content (AvgIpc) is 2.45. The Morgan fingerprint density at radius 3 is 2.65 bits per heavy atom. The smallest absolute Gasteiger partial charge is 0.254 e. The molecular formula is C14H23ClN4O. The number of pyridine rings is 1. The Bertz CT molecular complexity index is 426. The Hall–Kier alpha value is -1.33. The van der Waals surface area contributed by atoms with Gasteiger partial charge in [0.15, 0.2) is 0 Å². The molecule has 4 N–H and O–H groups in total. The highest BCUT2D eigenvalue weighted by atomic mass is 35.5. The maximum absolute atomic E-state index is 11.7. The first-order chi connectivity index (χ1) is 9.69. The summed E-state index contributed by atoms with van der Waals surface area (Å²) < 4.78 is 0. The molecule has 112 valence electrons. The summed E-state index contributed by atoms with van der Waals surface area (Å²) in [5, 5.41) is 6.15. The van der Waals surface area contributed by atoms with E-state index in [0.717, 1.165) is 32.4 Å². The Kier molecular flexibility index (Phi) is 7.99. The fourth-order valence-corrected chi connectivity index (χ4v) is 2.04. The summed E-state index contributed by atoms with van der Waals surface area (Å²) in [6.45, 7) is 1.54. The quantitative estimate of drug-likeness (QED) is 0.483. The number of halogens is 1. The van der Waals surface area contributed by atoms with Crippen LogP contribution in [0.25, 0.3) is 0 Å². The van der Waals surface area contributed by atoms with Crippen molar-refractivity contribution in [1.29, 1.82) is 0 Å². The number of carbonyl (C=O) groups excluding carboxylic acids is 1. The van der Waals surface area contributed by atoms with E-state index in [1.807, 2.05) is 0 Å². The minimum atomic E-state index is -0.167. The van der Waals surface area contributed by atoms with Crippen LogP contribution in [0.1, 0.15) is 42.5 Å². The molecule has 0 unspecified atom stereocenters. The molecule has 20 heavy (non-hydrogen) atoms. The second-order valence-corrected chi connectivity index (χ2v) is 4.98. The number of anilines is 1. The molecule has 0 aliphatic carbocycles. The lowest BCUT2D eigenvalue weighted by molar-refractivity contribution is 0.0963. The van der Waals surface area contributed by atoms with E-state index in [1.165, 1.54) is 12.8 Å². The summed E-state index contributed by atoms with van der Waals surface area (Å²) in [6, 6.07) is 3.29. The van der Waals surface area contributed by atoms with Crippen LogP contribution in [-0.2, 0) is 0 Å². The van der Waals surface area contributed by atoms with E-state index in [4.69, 9.17) is 17.3 Å². The normalized spacial score (nSPS) is 10.3. The van der Waals surface area contributed by atoms with Gasteiger partial charge in [-0.25, -0.2) is 4.98 Å². The molecule has 0 radical (unpaired) electrons. The predicted octanol–water partition coefficient (Wildman–Crippen LogP) is 2.42. The van der Waals surface area contributed by atoms with E-state index >= 15 is 0 Å². The number of hydrogen-bond donors (Lipinski definition) is 3. The zero-order chi connectivity index (χ0) is 14.8. The zero-order valence-electron chi connectivity index (χ0n) is 11.9. The van der Waals surface area contributed by atoms with Gasteiger partial charge in [-0.3, -0.25) is 4.79 Å². The number of unbranched alkanes of at least 4 members (excludes halogenated alkanes) is 4. The molecule has 5 nitrogen and oxygen atoms in total. The van der Waals surface area contributed by atoms with Gasteiger partial charge in [-0.1, -0.05) is 30.9 Å². The lowest BCUT2D eigenvalue weighted by Gasteiger charge is -2.10. The minimum absolute atomic E-state index is 0.167. The van der Waals surface area contributed by atoms with Gasteiger partial charge in [0.1, 0.15) is 11.0 Å². The molecule has 0 saturated carbocycles. The summed E-state index contributed by atoms with van der Waals surface area (Å²) in [7, 11) is 1.60. The highest BCUT2D eigenvalue weighted by Crippen LogP contribution is 2.16. The number of hydrogen-bond acceptors (Lipinski definition) is 4. The lowest BCUT2D eigenvalue weighted by atomic mass is 10.1. The molecule has 0 spiro atoms. The van der Waals surface area contributed by atoms with Gasteiger partial charge in [-0.15, -0.1) is 0 Å². The van der Waals surface area contributed by atoms with Crippen LogP contribution in [0.2, 0.25) is 5.15 Å². The van der Waals surface area contributed by atoms with Crippen LogP contribution in [0.15, 0.2) is 12.1 Å². The van der Waals surface area contributed by atoms with Gasteiger partial charge in [0.25, 0.3) is 5.91 Å². The van der Waals surface area contributed by atoms with Crippen molar-refractivity contribution in [3.63, 3.8) is 0 Å². The second kappa shape index (κ2) is 9.55. The van der Waals surface area contributed by atoms with Crippen LogP contribution in [0, 0.1) is 0 Å². The number of amides is 1. The van der Waals surface area contributed by atoms with E-state index in [1.54, 1.807) is 19.2 Å². The number of carbonyl (C=O) groups is 1. The monoisotopic (exact) mass is 298 g/mol. The first-order valence-corrected chi connectivity index (χ1v) is 7.39. The third-order valence-corrected chi connectivity index (χ3v) is 3.22. The van der Waals surface area contributed by atoms with Crippen LogP contribution in [-0.4, -0.2) is 31.0 Å². The number of rotatable bonds is 9. The Labute approximate surface area is 125 Å². The summed E-state index contributed by atoms with van der Waals surface area (Å²) in [6.07, 6.45) is 5.62. The Morgan fingerprint density at radius 2 is 1.95 bits per heavy atom. The zero-order valence-corrected chi connectivity index (χ0v) is 12.7. The van der Waals surface area contributed by atoms with E-state index in [-0.39, 0.29) is 5.91 Å². The van der Waals surface area contributed by atoms with Crippen molar-refractivity contribution >= 4 is 23.3 Å². The predicted molar refractivity (Wildman–Crippen MR) is 83.3 cm³/mol. The standard InChI is InChI=1S/C14H23ClN4O/c1-17-14(20)11-7-8-12(15)19-13(11)18-10-6-4-2-3-5-9-16/h7-8H,2-6,9-10,16H2,1H3,(H,17,20)(H,18,19). The first-order valence-electron chi connectivity index (χ1n) is 7.01. The highest BCUT2D eigenvalue weighted by Gasteiger charge is 2.11. The molecule has 0 saturated heterocycles. The molecule has 0 aromatic carbocycles. The van der Waals surface area contributed by atoms with Crippen molar-refractivity contribution in [2.75, 3.05) is 25.5 Å². The van der Waals surface area contributed by atoms with Crippen molar-refractivity contribution in [1.82, 2.24) is 10.3 Å². The van der Waals surface area contributed by atoms with Crippen LogP contribution in [0.5, 0.6) is 0 Å². The Balaban J connectivity index is 2.42. The number of nitrogens with zero attached hydrogens (tertiary/aromatic N) is 1. The van der Waals surface area contributed by atoms with Crippen LogP contribution in [0.4, 0.5) is 5.82 Å². The molecule has 1 rings (SSSR count). The van der Waals surface area contributed by atoms with Crippen molar-refractivity contribution < 1.29 is 4.79 Å². The molecule has 0 atom stereocenters. The molecule has 1 amide bonds. The molecular weight excluding hydrogens is 276 g/mol. The minimum Gasteiger partial charge on any atom is -0.369 e. The molecule has 0 aliphatic rings. The van der Waals surface area contributed by atoms with Crippen molar-refractivity contribution in [2.45, 2.75) is 32.1 Å². The summed E-state index contributed by atoms with van der Waals surface area (Å²) >= 11 is 5.87. The van der Waals surface area contributed by atoms with Crippen LogP contribution >= 0.6 is 11.6 Å². The SMILES string of the molecule is CNC(=O)c1ccc(Cl)nc1NCCCCCCCN. The fraction of sp³-hybridized carbons (Fsp3) is 0.571. The van der Waals surface area contributed by atoms with Gasteiger partial charge in [0, 0.05) is 13.6 Å². The van der Waals surface area contributed by atoms with Gasteiger partial charge >= 0.3 is 0 Å². The van der Waals surface area contributed by atoms with Crippen LogP contribution < -0.4 is 16.4 Å². The third-order valence-electron chi connectivity index (χ3n) is 3.01. The van der Waals surface area contributed by atoms with E-state index in [0.29, 0.717) is 16.5 Å². The molecule has 0 bridgehead atoms. The Morgan fingerprint density at radius 1 is 1.25 bits per heavy atom. The van der Waals surface area contributed by atoms with Gasteiger partial charge < -0.3 is 16.4 Å².